The van der Waals surface area contributed by atoms with Gasteiger partial charge in [0.15, 0.2) is 6.29 Å². The van der Waals surface area contributed by atoms with Gasteiger partial charge in [0, 0.05) is 13.5 Å². The molecule has 0 amide bonds. The first-order chi connectivity index (χ1) is 5.69. The molecule has 1 fully saturated rings. The average Bonchev–Trinajstić information content (AvgIpc) is 2.45. The topological polar surface area (TPSA) is 79.2 Å². The van der Waals surface area contributed by atoms with Crippen LogP contribution in [0.3, 0.4) is 0 Å². The molecule has 1 rings (SSSR count). The van der Waals surface area contributed by atoms with Crippen LogP contribution in [0.2, 0.25) is 0 Å². The fourth-order valence-corrected chi connectivity index (χ4v) is 1.26. The van der Waals surface area contributed by atoms with Gasteiger partial charge in [-0.3, -0.25) is 0 Å². The van der Waals surface area contributed by atoms with E-state index >= 15 is 0 Å². The minimum Gasteiger partial charge on any atom is -0.394 e. The highest BCUT2D eigenvalue weighted by atomic mass is 16.7. The Bertz CT molecular complexity index is 140. The van der Waals surface area contributed by atoms with E-state index in [0.29, 0.717) is 6.42 Å². The molecule has 0 aromatic rings. The highest BCUT2D eigenvalue weighted by molar-refractivity contribution is 4.83. The summed E-state index contributed by atoms with van der Waals surface area (Å²) in [4.78, 5) is 0. The highest BCUT2D eigenvalue weighted by Gasteiger charge is 2.38. The minimum atomic E-state index is -1.04. The summed E-state index contributed by atoms with van der Waals surface area (Å²) in [6.45, 7) is -0.418. The molecule has 4 atom stereocenters. The van der Waals surface area contributed by atoms with Crippen LogP contribution in [0, 0.1) is 0 Å². The van der Waals surface area contributed by atoms with Crippen LogP contribution in [0.1, 0.15) is 6.42 Å². The van der Waals surface area contributed by atoms with Gasteiger partial charge in [0.2, 0.25) is 0 Å². The van der Waals surface area contributed by atoms with Gasteiger partial charge in [0.05, 0.1) is 12.7 Å². The molecule has 0 unspecified atom stereocenters. The molecule has 0 aliphatic carbocycles. The molecule has 0 bridgehead atoms. The fraction of sp³-hybridized carbons (Fsp3) is 1.00. The Labute approximate surface area is 70.5 Å². The number of hydrogen-bond acceptors (Lipinski definition) is 5. The zero-order valence-electron chi connectivity index (χ0n) is 6.88. The molecular formula is C7H14O5. The van der Waals surface area contributed by atoms with E-state index < -0.39 is 31.2 Å². The van der Waals surface area contributed by atoms with Crippen molar-refractivity contribution in [2.45, 2.75) is 31.0 Å². The summed E-state index contributed by atoms with van der Waals surface area (Å²) in [5, 5.41) is 27.1. The molecule has 1 heterocycles. The molecule has 0 spiro atoms. The van der Waals surface area contributed by atoms with Crippen molar-refractivity contribution in [3.8, 4) is 0 Å². The van der Waals surface area contributed by atoms with E-state index in [1.165, 1.54) is 7.11 Å². The van der Waals surface area contributed by atoms with E-state index in [4.69, 9.17) is 19.7 Å². The predicted molar refractivity (Wildman–Crippen MR) is 39.4 cm³/mol. The van der Waals surface area contributed by atoms with E-state index in [1.807, 2.05) is 0 Å². The van der Waals surface area contributed by atoms with Gasteiger partial charge in [-0.25, -0.2) is 0 Å². The summed E-state index contributed by atoms with van der Waals surface area (Å²) < 4.78 is 9.92. The number of rotatable bonds is 3. The molecule has 5 heteroatoms. The predicted octanol–water partition coefficient (Wildman–Crippen LogP) is -1.54. The molecule has 0 aromatic carbocycles. The second-order valence-electron chi connectivity index (χ2n) is 2.82. The second-order valence-corrected chi connectivity index (χ2v) is 2.82. The van der Waals surface area contributed by atoms with Gasteiger partial charge in [-0.2, -0.15) is 0 Å². The fourth-order valence-electron chi connectivity index (χ4n) is 1.26. The number of aliphatic hydroxyl groups is 3. The molecular weight excluding hydrogens is 164 g/mol. The van der Waals surface area contributed by atoms with Gasteiger partial charge in [-0.05, 0) is 0 Å². The van der Waals surface area contributed by atoms with E-state index in [-0.39, 0.29) is 0 Å². The summed E-state index contributed by atoms with van der Waals surface area (Å²) in [7, 11) is 1.46. The third-order valence-electron chi connectivity index (χ3n) is 1.95. The molecule has 72 valence electrons. The van der Waals surface area contributed by atoms with Crippen molar-refractivity contribution in [2.24, 2.45) is 0 Å². The lowest BCUT2D eigenvalue weighted by Gasteiger charge is -2.18. The van der Waals surface area contributed by atoms with Gasteiger partial charge in [0.1, 0.15) is 12.2 Å². The molecule has 1 aliphatic rings. The van der Waals surface area contributed by atoms with Gasteiger partial charge in [-0.15, -0.1) is 0 Å². The first-order valence-electron chi connectivity index (χ1n) is 3.84. The van der Waals surface area contributed by atoms with Crippen LogP contribution in [0.5, 0.6) is 0 Å². The summed E-state index contributed by atoms with van der Waals surface area (Å²) in [5.74, 6) is 0. The van der Waals surface area contributed by atoms with Crippen LogP contribution in [0.25, 0.3) is 0 Å². The first-order valence-corrected chi connectivity index (χ1v) is 3.84. The number of hydrogen-bond donors (Lipinski definition) is 3. The average molecular weight is 178 g/mol. The van der Waals surface area contributed by atoms with Crippen molar-refractivity contribution >= 4 is 0 Å². The van der Waals surface area contributed by atoms with Crippen molar-refractivity contribution in [3.63, 3.8) is 0 Å². The molecule has 0 radical (unpaired) electrons. The van der Waals surface area contributed by atoms with Crippen molar-refractivity contribution < 1.29 is 24.8 Å². The summed E-state index contributed by atoms with van der Waals surface area (Å²) in [6, 6.07) is 0. The van der Waals surface area contributed by atoms with Crippen molar-refractivity contribution in [2.75, 3.05) is 13.7 Å². The highest BCUT2D eigenvalue weighted by Crippen LogP contribution is 2.22. The third kappa shape index (κ3) is 1.94. The van der Waals surface area contributed by atoms with Gasteiger partial charge in [0.25, 0.3) is 0 Å². The maximum Gasteiger partial charge on any atom is 0.160 e. The van der Waals surface area contributed by atoms with Crippen LogP contribution in [0.4, 0.5) is 0 Å². The van der Waals surface area contributed by atoms with Crippen LogP contribution < -0.4 is 0 Å². The Balaban J connectivity index is 2.45. The van der Waals surface area contributed by atoms with Crippen LogP contribution in [-0.2, 0) is 9.47 Å². The summed E-state index contributed by atoms with van der Waals surface area (Å²) >= 11 is 0. The minimum absolute atomic E-state index is 0.332. The van der Waals surface area contributed by atoms with E-state index in [0.717, 1.165) is 0 Å². The number of aliphatic hydroxyl groups excluding tert-OH is 3. The largest absolute Gasteiger partial charge is 0.394 e. The Kier molecular flexibility index (Phi) is 3.42. The lowest BCUT2D eigenvalue weighted by Crippen LogP contribution is -2.36. The van der Waals surface area contributed by atoms with Crippen LogP contribution in [0.15, 0.2) is 0 Å². The third-order valence-corrected chi connectivity index (χ3v) is 1.95. The summed E-state index contributed by atoms with van der Waals surface area (Å²) in [6.07, 6.45) is -2.69. The Morgan fingerprint density at radius 3 is 2.75 bits per heavy atom. The van der Waals surface area contributed by atoms with Crippen LogP contribution in [-0.4, -0.2) is 53.6 Å². The normalized spacial score (nSPS) is 38.5. The number of ether oxygens (including phenoxy) is 2. The van der Waals surface area contributed by atoms with E-state index in [2.05, 4.69) is 0 Å². The Hall–Kier alpha value is -0.200. The maximum atomic E-state index is 9.32. The smallest absolute Gasteiger partial charge is 0.160 e. The van der Waals surface area contributed by atoms with Gasteiger partial charge < -0.3 is 24.8 Å². The molecule has 12 heavy (non-hydrogen) atoms. The molecule has 0 aromatic heterocycles. The zero-order chi connectivity index (χ0) is 9.14. The van der Waals surface area contributed by atoms with E-state index in [1.54, 1.807) is 0 Å². The second kappa shape index (κ2) is 4.15. The number of methoxy groups -OCH3 is 1. The summed E-state index contributed by atoms with van der Waals surface area (Å²) in [5.41, 5.74) is 0. The molecule has 0 saturated carbocycles. The quantitative estimate of drug-likeness (QED) is 0.488. The van der Waals surface area contributed by atoms with Crippen LogP contribution >= 0.6 is 0 Å². The lowest BCUT2D eigenvalue weighted by atomic mass is 10.1. The monoisotopic (exact) mass is 178 g/mol. The van der Waals surface area contributed by atoms with Crippen molar-refractivity contribution in [1.82, 2.24) is 0 Å². The SMILES string of the molecule is CO[C@H]1C[C@@H](O)[C@@H]([C@H](O)CO)O1. The maximum absolute atomic E-state index is 9.32. The van der Waals surface area contributed by atoms with Crippen molar-refractivity contribution in [3.05, 3.63) is 0 Å². The molecule has 3 N–H and O–H groups in total. The lowest BCUT2D eigenvalue weighted by molar-refractivity contribution is -0.150. The van der Waals surface area contributed by atoms with Gasteiger partial charge in [-0.1, -0.05) is 0 Å². The zero-order valence-corrected chi connectivity index (χ0v) is 6.88. The Morgan fingerprint density at radius 2 is 2.33 bits per heavy atom. The molecule has 5 nitrogen and oxygen atoms in total. The van der Waals surface area contributed by atoms with E-state index in [9.17, 15) is 5.11 Å². The molecule has 1 saturated heterocycles. The molecule has 1 aliphatic heterocycles. The van der Waals surface area contributed by atoms with Gasteiger partial charge >= 0.3 is 0 Å². The first kappa shape index (κ1) is 9.88. The Morgan fingerprint density at radius 1 is 1.67 bits per heavy atom. The van der Waals surface area contributed by atoms with Crippen molar-refractivity contribution in [1.29, 1.82) is 0 Å². The standard InChI is InChI=1S/C7H14O5/c1-11-6-2-4(9)7(12-6)5(10)3-8/h4-10H,2-3H2,1H3/t4-,5-,6-,7+/m1/s1.